The van der Waals surface area contributed by atoms with Gasteiger partial charge in [-0.05, 0) is 49.1 Å². The lowest BCUT2D eigenvalue weighted by atomic mass is 10.1. The first kappa shape index (κ1) is 20.5. The minimum Gasteiger partial charge on any atom is -0.497 e. The number of carbonyl (C=O) groups is 1. The maximum Gasteiger partial charge on any atom is 0.240 e. The normalized spacial score (nSPS) is 15.1. The number of nitrogens with zero attached hydrogens (tertiary/aromatic N) is 4. The minimum absolute atomic E-state index is 0.153. The molecule has 1 aromatic heterocycles. The lowest BCUT2D eigenvalue weighted by molar-refractivity contribution is -0.131. The summed E-state index contributed by atoms with van der Waals surface area (Å²) < 4.78 is 7.19. The van der Waals surface area contributed by atoms with Gasteiger partial charge in [0.25, 0.3) is 0 Å². The maximum atomic E-state index is 13.4. The Morgan fingerprint density at radius 3 is 2.37 bits per heavy atom. The first-order valence-corrected chi connectivity index (χ1v) is 11.1. The van der Waals surface area contributed by atoms with Crippen molar-refractivity contribution in [3.05, 3.63) is 60.2 Å². The average Bonchev–Trinajstić information content (AvgIpc) is 3.18. The van der Waals surface area contributed by atoms with Crippen LogP contribution in [0.4, 0.5) is 0 Å². The fourth-order valence-electron chi connectivity index (χ4n) is 3.68. The van der Waals surface area contributed by atoms with Crippen LogP contribution in [0.25, 0.3) is 11.4 Å². The second-order valence-electron chi connectivity index (χ2n) is 7.39. The van der Waals surface area contributed by atoms with E-state index >= 15 is 0 Å². The monoisotopic (exact) mass is 422 g/mol. The molecule has 1 amide bonds. The standard InChI is InChI=1S/C23H26N4O2S/c1-26-21(18-11-13-19(29-2)14-12-18)24-25-23(26)30-20(17-9-5-3-6-10-17)22(28)27-15-7-4-8-16-27/h3,5-6,9-14,20H,4,7-8,15-16H2,1-2H3/t20-/m1/s1. The molecule has 0 N–H and O–H groups in total. The molecule has 1 fully saturated rings. The van der Waals surface area contributed by atoms with Gasteiger partial charge in [0.2, 0.25) is 5.91 Å². The zero-order valence-electron chi connectivity index (χ0n) is 17.3. The highest BCUT2D eigenvalue weighted by Gasteiger charge is 2.29. The molecule has 1 saturated heterocycles. The molecule has 1 aliphatic heterocycles. The summed E-state index contributed by atoms with van der Waals surface area (Å²) in [5.41, 5.74) is 1.95. The Labute approximate surface area is 181 Å². The summed E-state index contributed by atoms with van der Waals surface area (Å²) in [6.45, 7) is 1.66. The van der Waals surface area contributed by atoms with E-state index in [1.807, 2.05) is 71.1 Å². The third-order valence-corrected chi connectivity index (χ3v) is 6.68. The number of hydrogen-bond acceptors (Lipinski definition) is 5. The lowest BCUT2D eigenvalue weighted by Gasteiger charge is -2.30. The first-order valence-electron chi connectivity index (χ1n) is 10.2. The first-order chi connectivity index (χ1) is 14.7. The van der Waals surface area contributed by atoms with Gasteiger partial charge in [0.1, 0.15) is 11.0 Å². The zero-order chi connectivity index (χ0) is 20.9. The van der Waals surface area contributed by atoms with Gasteiger partial charge in [-0.1, -0.05) is 42.1 Å². The Kier molecular flexibility index (Phi) is 6.38. The summed E-state index contributed by atoms with van der Waals surface area (Å²) >= 11 is 1.47. The summed E-state index contributed by atoms with van der Waals surface area (Å²) in [5, 5.41) is 9.17. The van der Waals surface area contributed by atoms with Crippen molar-refractivity contribution in [2.75, 3.05) is 20.2 Å². The summed E-state index contributed by atoms with van der Waals surface area (Å²) in [4.78, 5) is 15.4. The van der Waals surface area contributed by atoms with Crippen LogP contribution >= 0.6 is 11.8 Å². The molecule has 0 saturated carbocycles. The van der Waals surface area contributed by atoms with Crippen molar-refractivity contribution in [2.24, 2.45) is 7.05 Å². The van der Waals surface area contributed by atoms with Gasteiger partial charge < -0.3 is 14.2 Å². The average molecular weight is 423 g/mol. The lowest BCUT2D eigenvalue weighted by Crippen LogP contribution is -2.38. The molecule has 0 spiro atoms. The molecule has 1 aliphatic rings. The summed E-state index contributed by atoms with van der Waals surface area (Å²) in [6.07, 6.45) is 3.34. The number of carbonyl (C=O) groups excluding carboxylic acids is 1. The van der Waals surface area contributed by atoms with Gasteiger partial charge in [0.05, 0.1) is 7.11 Å². The van der Waals surface area contributed by atoms with Gasteiger partial charge in [-0.2, -0.15) is 0 Å². The Morgan fingerprint density at radius 1 is 1.00 bits per heavy atom. The fraction of sp³-hybridized carbons (Fsp3) is 0.348. The summed E-state index contributed by atoms with van der Waals surface area (Å²) in [5.74, 6) is 1.71. The number of amides is 1. The van der Waals surface area contributed by atoms with Gasteiger partial charge in [-0.25, -0.2) is 0 Å². The van der Waals surface area contributed by atoms with Crippen LogP contribution in [-0.4, -0.2) is 45.8 Å². The van der Waals surface area contributed by atoms with Gasteiger partial charge in [-0.15, -0.1) is 10.2 Å². The molecule has 156 valence electrons. The predicted octanol–water partition coefficient (Wildman–Crippen LogP) is 4.34. The number of thioether (sulfide) groups is 1. The number of aromatic nitrogens is 3. The van der Waals surface area contributed by atoms with Crippen molar-refractivity contribution < 1.29 is 9.53 Å². The second-order valence-corrected chi connectivity index (χ2v) is 8.46. The van der Waals surface area contributed by atoms with Crippen LogP contribution in [0, 0.1) is 0 Å². The summed E-state index contributed by atoms with van der Waals surface area (Å²) in [6, 6.07) is 17.7. The number of rotatable bonds is 6. The van der Waals surface area contributed by atoms with E-state index in [0.29, 0.717) is 0 Å². The molecule has 7 heteroatoms. The van der Waals surface area contributed by atoms with E-state index in [4.69, 9.17) is 4.74 Å². The number of methoxy groups -OCH3 is 1. The molecule has 6 nitrogen and oxygen atoms in total. The van der Waals surface area contributed by atoms with E-state index in [9.17, 15) is 4.79 Å². The van der Waals surface area contributed by atoms with Crippen LogP contribution in [0.15, 0.2) is 59.8 Å². The zero-order valence-corrected chi connectivity index (χ0v) is 18.1. The second kappa shape index (κ2) is 9.34. The Morgan fingerprint density at radius 2 is 1.70 bits per heavy atom. The number of hydrogen-bond donors (Lipinski definition) is 0. The highest BCUT2D eigenvalue weighted by atomic mass is 32.2. The number of piperidine rings is 1. The van der Waals surface area contributed by atoms with E-state index in [1.54, 1.807) is 7.11 Å². The highest BCUT2D eigenvalue weighted by molar-refractivity contribution is 8.00. The van der Waals surface area contributed by atoms with E-state index in [2.05, 4.69) is 10.2 Å². The van der Waals surface area contributed by atoms with Crippen LogP contribution in [0.3, 0.4) is 0 Å². The molecule has 3 aromatic rings. The molecular formula is C23H26N4O2S. The third-order valence-electron chi connectivity index (χ3n) is 5.40. The minimum atomic E-state index is -0.337. The third kappa shape index (κ3) is 4.36. The molecule has 0 aliphatic carbocycles. The molecule has 2 heterocycles. The Balaban J connectivity index is 1.61. The SMILES string of the molecule is COc1ccc(-c2nnc(S[C@@H](C(=O)N3CCCCC3)c3ccccc3)n2C)cc1. The van der Waals surface area contributed by atoms with Crippen molar-refractivity contribution in [1.29, 1.82) is 0 Å². The van der Waals surface area contributed by atoms with Crippen molar-refractivity contribution in [3.8, 4) is 17.1 Å². The number of benzene rings is 2. The molecule has 4 rings (SSSR count). The molecule has 0 unspecified atom stereocenters. The number of ether oxygens (including phenoxy) is 1. The van der Waals surface area contributed by atoms with Gasteiger partial charge in [0, 0.05) is 25.7 Å². The van der Waals surface area contributed by atoms with E-state index in [0.717, 1.165) is 53.8 Å². The molecule has 2 aromatic carbocycles. The van der Waals surface area contributed by atoms with Gasteiger partial charge in [-0.3, -0.25) is 4.79 Å². The predicted molar refractivity (Wildman–Crippen MR) is 118 cm³/mol. The highest BCUT2D eigenvalue weighted by Crippen LogP contribution is 2.37. The van der Waals surface area contributed by atoms with E-state index in [1.165, 1.54) is 18.2 Å². The maximum absolute atomic E-state index is 13.4. The molecule has 30 heavy (non-hydrogen) atoms. The molecular weight excluding hydrogens is 396 g/mol. The van der Waals surface area contributed by atoms with Crippen molar-refractivity contribution in [3.63, 3.8) is 0 Å². The smallest absolute Gasteiger partial charge is 0.240 e. The topological polar surface area (TPSA) is 60.3 Å². The van der Waals surface area contributed by atoms with Crippen LogP contribution < -0.4 is 4.74 Å². The molecule has 1 atom stereocenters. The van der Waals surface area contributed by atoms with Crippen molar-refractivity contribution in [2.45, 2.75) is 29.7 Å². The largest absolute Gasteiger partial charge is 0.497 e. The van der Waals surface area contributed by atoms with Crippen LogP contribution in [0.1, 0.15) is 30.1 Å². The van der Waals surface area contributed by atoms with E-state index in [-0.39, 0.29) is 11.2 Å². The van der Waals surface area contributed by atoms with Crippen molar-refractivity contribution in [1.82, 2.24) is 19.7 Å². The number of likely N-dealkylation sites (tertiary alicyclic amines) is 1. The summed E-state index contributed by atoms with van der Waals surface area (Å²) in [7, 11) is 3.59. The fourth-order valence-corrected chi connectivity index (χ4v) is 4.77. The van der Waals surface area contributed by atoms with Gasteiger partial charge in [0.15, 0.2) is 11.0 Å². The Hall–Kier alpha value is -2.80. The quantitative estimate of drug-likeness (QED) is 0.553. The van der Waals surface area contributed by atoms with Gasteiger partial charge >= 0.3 is 0 Å². The molecule has 0 bridgehead atoms. The van der Waals surface area contributed by atoms with Crippen LogP contribution in [-0.2, 0) is 11.8 Å². The van der Waals surface area contributed by atoms with Crippen LogP contribution in [0.5, 0.6) is 5.75 Å². The van der Waals surface area contributed by atoms with Crippen molar-refractivity contribution >= 4 is 17.7 Å². The van der Waals surface area contributed by atoms with Crippen LogP contribution in [0.2, 0.25) is 0 Å². The Bertz CT molecular complexity index is 982. The van der Waals surface area contributed by atoms with E-state index < -0.39 is 0 Å². The molecule has 0 radical (unpaired) electrons.